The minimum Gasteiger partial charge on any atom is -0.493 e. The second kappa shape index (κ2) is 9.46. The number of hydrogen-bond acceptors (Lipinski definition) is 7. The summed E-state index contributed by atoms with van der Waals surface area (Å²) >= 11 is 0. The lowest BCUT2D eigenvalue weighted by Gasteiger charge is -2.07. The number of aromatic nitrogens is 5. The van der Waals surface area contributed by atoms with Crippen molar-refractivity contribution in [1.29, 1.82) is 0 Å². The van der Waals surface area contributed by atoms with Crippen LogP contribution in [-0.4, -0.2) is 44.6 Å². The molecule has 0 bridgehead atoms. The molecule has 0 atom stereocenters. The van der Waals surface area contributed by atoms with Crippen LogP contribution < -0.4 is 9.47 Å². The summed E-state index contributed by atoms with van der Waals surface area (Å²) in [5, 5.41) is 9.57. The first-order valence-corrected chi connectivity index (χ1v) is 11.2. The number of oxime groups is 1. The molecule has 5 aromatic rings. The SMILES string of the molecule is COc1ccc(/C=N/OCc2nc3c4c(C)c(C)n(Cc5ccccc5)c4ncn3n2)cc1OC. The fourth-order valence-electron chi connectivity index (χ4n) is 4.12. The molecule has 2 aromatic carbocycles. The molecule has 35 heavy (non-hydrogen) atoms. The van der Waals surface area contributed by atoms with E-state index in [1.807, 2.05) is 36.4 Å². The first kappa shape index (κ1) is 22.4. The summed E-state index contributed by atoms with van der Waals surface area (Å²) in [6.07, 6.45) is 3.30. The minimum atomic E-state index is 0.135. The summed E-state index contributed by atoms with van der Waals surface area (Å²) < 4.78 is 14.5. The van der Waals surface area contributed by atoms with E-state index in [4.69, 9.17) is 24.3 Å². The van der Waals surface area contributed by atoms with Crippen LogP contribution >= 0.6 is 0 Å². The molecule has 3 heterocycles. The van der Waals surface area contributed by atoms with Crippen molar-refractivity contribution in [3.8, 4) is 11.5 Å². The molecule has 9 heteroatoms. The van der Waals surface area contributed by atoms with Gasteiger partial charge in [-0.25, -0.2) is 14.5 Å². The summed E-state index contributed by atoms with van der Waals surface area (Å²) in [7, 11) is 3.19. The second-order valence-electron chi connectivity index (χ2n) is 8.14. The van der Waals surface area contributed by atoms with E-state index in [1.54, 1.807) is 31.3 Å². The number of methoxy groups -OCH3 is 2. The van der Waals surface area contributed by atoms with E-state index in [0.29, 0.717) is 17.3 Å². The van der Waals surface area contributed by atoms with E-state index in [-0.39, 0.29) is 6.61 Å². The van der Waals surface area contributed by atoms with Gasteiger partial charge in [-0.1, -0.05) is 35.5 Å². The average Bonchev–Trinajstić information content (AvgIpc) is 3.41. The number of rotatable bonds is 8. The molecule has 0 unspecified atom stereocenters. The van der Waals surface area contributed by atoms with Gasteiger partial charge in [0.15, 0.2) is 29.6 Å². The van der Waals surface area contributed by atoms with Gasteiger partial charge in [-0.2, -0.15) is 0 Å². The minimum absolute atomic E-state index is 0.135. The Kier molecular flexibility index (Phi) is 6.05. The number of fused-ring (bicyclic) bond motifs is 3. The van der Waals surface area contributed by atoms with Crippen LogP contribution in [0.15, 0.2) is 60.0 Å². The largest absolute Gasteiger partial charge is 0.493 e. The maximum Gasteiger partial charge on any atom is 0.192 e. The second-order valence-corrected chi connectivity index (χ2v) is 8.14. The molecule has 0 fully saturated rings. The van der Waals surface area contributed by atoms with E-state index in [1.165, 1.54) is 5.56 Å². The van der Waals surface area contributed by atoms with Crippen molar-refractivity contribution in [2.45, 2.75) is 27.0 Å². The van der Waals surface area contributed by atoms with Gasteiger partial charge in [0.1, 0.15) is 12.0 Å². The first-order valence-electron chi connectivity index (χ1n) is 11.2. The molecular formula is C26H26N6O3. The predicted molar refractivity (Wildman–Crippen MR) is 133 cm³/mol. The van der Waals surface area contributed by atoms with Gasteiger partial charge in [-0.15, -0.1) is 5.10 Å². The van der Waals surface area contributed by atoms with E-state index >= 15 is 0 Å². The maximum absolute atomic E-state index is 5.47. The molecule has 0 saturated heterocycles. The zero-order valence-electron chi connectivity index (χ0n) is 20.1. The van der Waals surface area contributed by atoms with Gasteiger partial charge in [-0.3, -0.25) is 0 Å². The number of nitrogens with zero attached hydrogens (tertiary/aromatic N) is 6. The Balaban J connectivity index is 1.37. The van der Waals surface area contributed by atoms with E-state index in [0.717, 1.165) is 40.0 Å². The fourth-order valence-corrected chi connectivity index (χ4v) is 4.12. The van der Waals surface area contributed by atoms with E-state index < -0.39 is 0 Å². The summed E-state index contributed by atoms with van der Waals surface area (Å²) in [6.45, 7) is 5.09. The quantitative estimate of drug-likeness (QED) is 0.248. The van der Waals surface area contributed by atoms with Crippen LogP contribution in [0, 0.1) is 13.8 Å². The average molecular weight is 471 g/mol. The normalized spacial score (nSPS) is 11.5. The molecule has 3 aromatic heterocycles. The Morgan fingerprint density at radius 3 is 2.54 bits per heavy atom. The number of benzene rings is 2. The van der Waals surface area contributed by atoms with Crippen molar-refractivity contribution < 1.29 is 14.3 Å². The smallest absolute Gasteiger partial charge is 0.192 e. The van der Waals surface area contributed by atoms with Crippen LogP contribution in [0.5, 0.6) is 11.5 Å². The molecule has 0 radical (unpaired) electrons. The van der Waals surface area contributed by atoms with Crippen molar-refractivity contribution >= 4 is 22.9 Å². The van der Waals surface area contributed by atoms with Crippen LogP contribution in [0.25, 0.3) is 16.7 Å². The highest BCUT2D eigenvalue weighted by molar-refractivity contribution is 5.94. The summed E-state index contributed by atoms with van der Waals surface area (Å²) in [6, 6.07) is 15.9. The van der Waals surface area contributed by atoms with Gasteiger partial charge in [-0.05, 0) is 43.2 Å². The third-order valence-corrected chi connectivity index (χ3v) is 6.05. The summed E-state index contributed by atoms with van der Waals surface area (Å²) in [5.74, 6) is 1.80. The molecule has 0 saturated carbocycles. The van der Waals surface area contributed by atoms with Crippen LogP contribution in [0.1, 0.15) is 28.2 Å². The van der Waals surface area contributed by atoms with Crippen molar-refractivity contribution in [3.05, 3.63) is 83.1 Å². The molecule has 0 aliphatic rings. The molecule has 9 nitrogen and oxygen atoms in total. The Bertz CT molecular complexity index is 1520. The van der Waals surface area contributed by atoms with Crippen LogP contribution in [-0.2, 0) is 18.0 Å². The Labute approximate surface area is 202 Å². The van der Waals surface area contributed by atoms with Gasteiger partial charge in [0.25, 0.3) is 0 Å². The highest BCUT2D eigenvalue weighted by atomic mass is 16.6. The molecule has 0 spiro atoms. The topological polar surface area (TPSA) is 88.1 Å². The molecule has 0 aliphatic heterocycles. The predicted octanol–water partition coefficient (Wildman–Crippen LogP) is 4.31. The Morgan fingerprint density at radius 2 is 1.77 bits per heavy atom. The highest BCUT2D eigenvalue weighted by Crippen LogP contribution is 2.28. The molecule has 0 amide bonds. The van der Waals surface area contributed by atoms with Gasteiger partial charge >= 0.3 is 0 Å². The Morgan fingerprint density at radius 1 is 0.971 bits per heavy atom. The number of aryl methyl sites for hydroxylation is 1. The lowest BCUT2D eigenvalue weighted by molar-refractivity contribution is 0.126. The van der Waals surface area contributed by atoms with Crippen LogP contribution in [0.3, 0.4) is 0 Å². The molecule has 0 aliphatic carbocycles. The molecule has 5 rings (SSSR count). The van der Waals surface area contributed by atoms with Crippen molar-refractivity contribution in [1.82, 2.24) is 24.1 Å². The van der Waals surface area contributed by atoms with Gasteiger partial charge < -0.3 is 18.9 Å². The van der Waals surface area contributed by atoms with Crippen molar-refractivity contribution in [2.24, 2.45) is 5.16 Å². The summed E-state index contributed by atoms with van der Waals surface area (Å²) in [5.41, 5.74) is 5.98. The van der Waals surface area contributed by atoms with Gasteiger partial charge in [0.05, 0.1) is 25.8 Å². The van der Waals surface area contributed by atoms with Crippen molar-refractivity contribution in [3.63, 3.8) is 0 Å². The standard InChI is InChI=1S/C26H26N6O3/c1-17-18(2)31(14-19-8-6-5-7-9-19)25-24(17)26-29-23(30-32(26)16-27-25)15-35-28-13-20-10-11-21(33-3)22(12-20)34-4/h5-13,16H,14-15H2,1-4H3/b28-13+. The van der Waals surface area contributed by atoms with E-state index in [9.17, 15) is 0 Å². The lowest BCUT2D eigenvalue weighted by atomic mass is 10.2. The molecule has 178 valence electrons. The van der Waals surface area contributed by atoms with Crippen LogP contribution in [0.2, 0.25) is 0 Å². The van der Waals surface area contributed by atoms with Crippen LogP contribution in [0.4, 0.5) is 0 Å². The highest BCUT2D eigenvalue weighted by Gasteiger charge is 2.18. The van der Waals surface area contributed by atoms with Gasteiger partial charge in [0.2, 0.25) is 0 Å². The third kappa shape index (κ3) is 4.28. The number of hydrogen-bond donors (Lipinski definition) is 0. The number of ether oxygens (including phenoxy) is 2. The maximum atomic E-state index is 5.47. The first-order chi connectivity index (χ1) is 17.1. The third-order valence-electron chi connectivity index (χ3n) is 6.05. The summed E-state index contributed by atoms with van der Waals surface area (Å²) in [4.78, 5) is 14.9. The zero-order chi connectivity index (χ0) is 24.4. The molecular weight excluding hydrogens is 444 g/mol. The Hall–Kier alpha value is -4.40. The van der Waals surface area contributed by atoms with Crippen molar-refractivity contribution in [2.75, 3.05) is 14.2 Å². The van der Waals surface area contributed by atoms with E-state index in [2.05, 4.69) is 40.8 Å². The monoisotopic (exact) mass is 470 g/mol. The molecule has 0 N–H and O–H groups in total. The zero-order valence-corrected chi connectivity index (χ0v) is 20.1. The van der Waals surface area contributed by atoms with Gasteiger partial charge in [0, 0.05) is 17.8 Å². The lowest BCUT2D eigenvalue weighted by Crippen LogP contribution is -2.03. The fraction of sp³-hybridized carbons (Fsp3) is 0.231.